The molecular formula is C14H12Cl2FNO. The van der Waals surface area contributed by atoms with Crippen LogP contribution in [0.2, 0.25) is 10.0 Å². The van der Waals surface area contributed by atoms with Crippen LogP contribution in [0.25, 0.3) is 0 Å². The number of anilines is 1. The Balaban J connectivity index is 2.16. The SMILES string of the molecule is Cc1cc(F)ccc1COc1cc(Cl)c(Cl)cc1N. The third kappa shape index (κ3) is 3.31. The molecule has 2 N–H and O–H groups in total. The highest BCUT2D eigenvalue weighted by atomic mass is 35.5. The van der Waals surface area contributed by atoms with E-state index in [0.717, 1.165) is 11.1 Å². The second-order valence-electron chi connectivity index (χ2n) is 4.16. The second-order valence-corrected chi connectivity index (χ2v) is 4.98. The summed E-state index contributed by atoms with van der Waals surface area (Å²) in [5, 5.41) is 0.756. The van der Waals surface area contributed by atoms with Crippen LogP contribution in [0, 0.1) is 12.7 Å². The molecule has 0 bridgehead atoms. The van der Waals surface area contributed by atoms with Crippen molar-refractivity contribution in [1.29, 1.82) is 0 Å². The van der Waals surface area contributed by atoms with Crippen LogP contribution in [-0.2, 0) is 6.61 Å². The highest BCUT2D eigenvalue weighted by Crippen LogP contribution is 2.32. The molecule has 0 amide bonds. The number of halogens is 3. The van der Waals surface area contributed by atoms with E-state index in [-0.39, 0.29) is 12.4 Å². The molecule has 0 saturated heterocycles. The van der Waals surface area contributed by atoms with Gasteiger partial charge in [-0.15, -0.1) is 0 Å². The van der Waals surface area contributed by atoms with Crippen molar-refractivity contribution < 1.29 is 9.13 Å². The molecule has 19 heavy (non-hydrogen) atoms. The predicted molar refractivity (Wildman–Crippen MR) is 76.3 cm³/mol. The summed E-state index contributed by atoms with van der Waals surface area (Å²) in [5.41, 5.74) is 7.90. The highest BCUT2D eigenvalue weighted by molar-refractivity contribution is 6.42. The summed E-state index contributed by atoms with van der Waals surface area (Å²) in [7, 11) is 0. The number of hydrogen-bond acceptors (Lipinski definition) is 2. The topological polar surface area (TPSA) is 35.2 Å². The third-order valence-electron chi connectivity index (χ3n) is 2.74. The lowest BCUT2D eigenvalue weighted by molar-refractivity contribution is 0.307. The fraction of sp³-hybridized carbons (Fsp3) is 0.143. The minimum atomic E-state index is -0.268. The van der Waals surface area contributed by atoms with Crippen molar-refractivity contribution in [2.24, 2.45) is 0 Å². The fourth-order valence-corrected chi connectivity index (χ4v) is 1.97. The van der Waals surface area contributed by atoms with Crippen molar-refractivity contribution in [3.63, 3.8) is 0 Å². The van der Waals surface area contributed by atoms with Crippen molar-refractivity contribution >= 4 is 28.9 Å². The number of ether oxygens (including phenoxy) is 1. The smallest absolute Gasteiger partial charge is 0.144 e. The van der Waals surface area contributed by atoms with Gasteiger partial charge in [0, 0.05) is 6.07 Å². The molecule has 5 heteroatoms. The molecule has 0 aliphatic rings. The zero-order valence-corrected chi connectivity index (χ0v) is 11.7. The molecule has 100 valence electrons. The largest absolute Gasteiger partial charge is 0.487 e. The zero-order valence-electron chi connectivity index (χ0n) is 10.2. The van der Waals surface area contributed by atoms with E-state index in [1.165, 1.54) is 18.2 Å². The first-order valence-corrected chi connectivity index (χ1v) is 6.35. The van der Waals surface area contributed by atoms with E-state index in [4.69, 9.17) is 33.7 Å². The minimum Gasteiger partial charge on any atom is -0.487 e. The Kier molecular flexibility index (Phi) is 4.17. The molecule has 0 spiro atoms. The van der Waals surface area contributed by atoms with Crippen molar-refractivity contribution in [1.82, 2.24) is 0 Å². The molecule has 0 aromatic heterocycles. The first-order valence-electron chi connectivity index (χ1n) is 5.59. The lowest BCUT2D eigenvalue weighted by atomic mass is 10.1. The van der Waals surface area contributed by atoms with Gasteiger partial charge in [-0.3, -0.25) is 0 Å². The Labute approximate surface area is 120 Å². The van der Waals surface area contributed by atoms with E-state index >= 15 is 0 Å². The van der Waals surface area contributed by atoms with E-state index in [9.17, 15) is 4.39 Å². The fourth-order valence-electron chi connectivity index (χ4n) is 1.65. The Bertz CT molecular complexity index is 617. The summed E-state index contributed by atoms with van der Waals surface area (Å²) < 4.78 is 18.6. The first kappa shape index (κ1) is 14.0. The van der Waals surface area contributed by atoms with Gasteiger partial charge in [-0.1, -0.05) is 29.3 Å². The highest BCUT2D eigenvalue weighted by Gasteiger charge is 2.07. The van der Waals surface area contributed by atoms with E-state index in [1.54, 1.807) is 12.1 Å². The average Bonchev–Trinajstić information content (AvgIpc) is 2.34. The lowest BCUT2D eigenvalue weighted by Gasteiger charge is -2.11. The summed E-state index contributed by atoms with van der Waals surface area (Å²) in [6.07, 6.45) is 0. The van der Waals surface area contributed by atoms with Gasteiger partial charge >= 0.3 is 0 Å². The van der Waals surface area contributed by atoms with E-state index in [1.807, 2.05) is 6.92 Å². The average molecular weight is 300 g/mol. The van der Waals surface area contributed by atoms with Gasteiger partial charge in [0.05, 0.1) is 15.7 Å². The summed E-state index contributed by atoms with van der Waals surface area (Å²) in [4.78, 5) is 0. The van der Waals surface area contributed by atoms with Crippen LogP contribution >= 0.6 is 23.2 Å². The standard InChI is InChI=1S/C14H12Cl2FNO/c1-8-4-10(17)3-2-9(8)7-19-14-6-12(16)11(15)5-13(14)18/h2-6H,7,18H2,1H3. The van der Waals surface area contributed by atoms with Crippen molar-refractivity contribution in [3.8, 4) is 5.75 Å². The molecule has 2 aromatic carbocycles. The van der Waals surface area contributed by atoms with E-state index in [0.29, 0.717) is 21.5 Å². The van der Waals surface area contributed by atoms with Crippen LogP contribution in [0.1, 0.15) is 11.1 Å². The van der Waals surface area contributed by atoms with E-state index in [2.05, 4.69) is 0 Å². The first-order chi connectivity index (χ1) is 8.97. The Morgan fingerprint density at radius 1 is 1.16 bits per heavy atom. The Morgan fingerprint density at radius 2 is 1.84 bits per heavy atom. The van der Waals surface area contributed by atoms with Gasteiger partial charge in [0.1, 0.15) is 18.2 Å². The second kappa shape index (κ2) is 5.68. The van der Waals surface area contributed by atoms with Crippen LogP contribution < -0.4 is 10.5 Å². The van der Waals surface area contributed by atoms with Gasteiger partial charge < -0.3 is 10.5 Å². The quantitative estimate of drug-likeness (QED) is 0.841. The van der Waals surface area contributed by atoms with Crippen LogP contribution in [0.4, 0.5) is 10.1 Å². The van der Waals surface area contributed by atoms with Crippen molar-refractivity contribution in [3.05, 3.63) is 57.3 Å². The number of nitrogen functional groups attached to an aromatic ring is 1. The van der Waals surface area contributed by atoms with Crippen LogP contribution in [0.15, 0.2) is 30.3 Å². The van der Waals surface area contributed by atoms with Gasteiger partial charge in [0.2, 0.25) is 0 Å². The van der Waals surface area contributed by atoms with Crippen molar-refractivity contribution in [2.75, 3.05) is 5.73 Å². The number of rotatable bonds is 3. The van der Waals surface area contributed by atoms with Crippen molar-refractivity contribution in [2.45, 2.75) is 13.5 Å². The lowest BCUT2D eigenvalue weighted by Crippen LogP contribution is -2.01. The molecule has 2 rings (SSSR count). The summed E-state index contributed by atoms with van der Waals surface area (Å²) >= 11 is 11.7. The maximum Gasteiger partial charge on any atom is 0.144 e. The molecule has 0 aliphatic carbocycles. The van der Waals surface area contributed by atoms with E-state index < -0.39 is 0 Å². The number of benzene rings is 2. The summed E-state index contributed by atoms with van der Waals surface area (Å²) in [6, 6.07) is 7.63. The number of nitrogens with two attached hydrogens (primary N) is 1. The molecule has 0 radical (unpaired) electrons. The number of aryl methyl sites for hydroxylation is 1. The van der Waals surface area contributed by atoms with Gasteiger partial charge in [-0.2, -0.15) is 0 Å². The third-order valence-corrected chi connectivity index (χ3v) is 3.46. The molecular weight excluding hydrogens is 288 g/mol. The Hall–Kier alpha value is -1.45. The maximum atomic E-state index is 13.0. The molecule has 0 atom stereocenters. The molecule has 0 fully saturated rings. The van der Waals surface area contributed by atoms with Crippen LogP contribution in [0.3, 0.4) is 0 Å². The molecule has 2 aromatic rings. The van der Waals surface area contributed by atoms with Gasteiger partial charge in [-0.25, -0.2) is 4.39 Å². The molecule has 0 unspecified atom stereocenters. The molecule has 0 aliphatic heterocycles. The zero-order chi connectivity index (χ0) is 14.0. The molecule has 2 nitrogen and oxygen atoms in total. The van der Waals surface area contributed by atoms with Crippen LogP contribution in [-0.4, -0.2) is 0 Å². The molecule has 0 saturated carbocycles. The van der Waals surface area contributed by atoms with Gasteiger partial charge in [-0.05, 0) is 36.2 Å². The number of hydrogen-bond donors (Lipinski definition) is 1. The minimum absolute atomic E-state index is 0.268. The maximum absolute atomic E-state index is 13.0. The van der Waals surface area contributed by atoms with Gasteiger partial charge in [0.15, 0.2) is 0 Å². The summed E-state index contributed by atoms with van der Waals surface area (Å²) in [6.45, 7) is 2.11. The van der Waals surface area contributed by atoms with Crippen LogP contribution in [0.5, 0.6) is 5.75 Å². The molecule has 0 heterocycles. The monoisotopic (exact) mass is 299 g/mol. The Morgan fingerprint density at radius 3 is 2.53 bits per heavy atom. The predicted octanol–water partition coefficient (Wildman–Crippen LogP) is 4.60. The summed E-state index contributed by atoms with van der Waals surface area (Å²) in [5.74, 6) is 0.188. The normalized spacial score (nSPS) is 10.5. The van der Waals surface area contributed by atoms with Gasteiger partial charge in [0.25, 0.3) is 0 Å².